The van der Waals surface area contributed by atoms with Crippen LogP contribution in [0.25, 0.3) is 0 Å². The zero-order chi connectivity index (χ0) is 14.7. The summed E-state index contributed by atoms with van der Waals surface area (Å²) in [7, 11) is 0. The average molecular weight is 279 g/mol. The monoisotopic (exact) mass is 279 g/mol. The molecule has 20 heavy (non-hydrogen) atoms. The van der Waals surface area contributed by atoms with Crippen molar-refractivity contribution in [3.63, 3.8) is 0 Å². The lowest BCUT2D eigenvalue weighted by molar-refractivity contribution is -0.385. The third kappa shape index (κ3) is 2.68. The summed E-state index contributed by atoms with van der Waals surface area (Å²) in [5.74, 6) is -1.32. The number of carbonyl (C=O) groups excluding carboxylic acids is 2. The van der Waals surface area contributed by atoms with Crippen molar-refractivity contribution in [1.82, 2.24) is 10.2 Å². The number of phenols is 1. The van der Waals surface area contributed by atoms with Crippen molar-refractivity contribution < 1.29 is 19.6 Å². The van der Waals surface area contributed by atoms with E-state index < -0.39 is 22.3 Å². The Morgan fingerprint density at radius 2 is 2.15 bits per heavy atom. The predicted octanol–water partition coefficient (Wildman–Crippen LogP) is 0.263. The van der Waals surface area contributed by atoms with Crippen LogP contribution >= 0.6 is 0 Å². The van der Waals surface area contributed by atoms with Crippen molar-refractivity contribution in [2.75, 3.05) is 19.6 Å². The van der Waals surface area contributed by atoms with E-state index in [0.29, 0.717) is 13.1 Å². The number of nitro groups is 1. The van der Waals surface area contributed by atoms with Crippen molar-refractivity contribution in [2.45, 2.75) is 6.42 Å². The lowest BCUT2D eigenvalue weighted by Gasteiger charge is -2.19. The number of para-hydroxylation sites is 1. The highest BCUT2D eigenvalue weighted by molar-refractivity contribution is 5.98. The topological polar surface area (TPSA) is 113 Å². The number of aromatic hydroxyl groups is 1. The number of carbonyl (C=O) groups is 2. The van der Waals surface area contributed by atoms with E-state index in [4.69, 9.17) is 0 Å². The molecule has 0 saturated carbocycles. The largest absolute Gasteiger partial charge is 0.502 e. The molecule has 1 aliphatic heterocycles. The predicted molar refractivity (Wildman–Crippen MR) is 68.3 cm³/mol. The molecule has 0 atom stereocenters. The first-order chi connectivity index (χ1) is 9.50. The van der Waals surface area contributed by atoms with Crippen LogP contribution in [-0.4, -0.2) is 46.4 Å². The van der Waals surface area contributed by atoms with E-state index >= 15 is 0 Å². The van der Waals surface area contributed by atoms with Crippen LogP contribution in [0.3, 0.4) is 0 Å². The van der Waals surface area contributed by atoms with Gasteiger partial charge in [-0.2, -0.15) is 0 Å². The molecule has 0 unspecified atom stereocenters. The Bertz CT molecular complexity index is 572. The lowest BCUT2D eigenvalue weighted by atomic mass is 10.1. The zero-order valence-corrected chi connectivity index (χ0v) is 10.5. The number of hydrogen-bond acceptors (Lipinski definition) is 5. The summed E-state index contributed by atoms with van der Waals surface area (Å²) < 4.78 is 0. The summed E-state index contributed by atoms with van der Waals surface area (Å²) in [4.78, 5) is 34.8. The molecule has 1 fully saturated rings. The van der Waals surface area contributed by atoms with Gasteiger partial charge in [-0.1, -0.05) is 6.07 Å². The normalized spacial score (nSPS) is 15.4. The van der Waals surface area contributed by atoms with E-state index in [1.165, 1.54) is 17.0 Å². The van der Waals surface area contributed by atoms with Crippen LogP contribution in [0.15, 0.2) is 18.2 Å². The van der Waals surface area contributed by atoms with Gasteiger partial charge in [0.25, 0.3) is 5.91 Å². The zero-order valence-electron chi connectivity index (χ0n) is 10.5. The molecule has 2 rings (SSSR count). The molecule has 0 aromatic heterocycles. The molecule has 8 heteroatoms. The van der Waals surface area contributed by atoms with E-state index in [0.717, 1.165) is 6.07 Å². The smallest absolute Gasteiger partial charge is 0.311 e. The van der Waals surface area contributed by atoms with Gasteiger partial charge in [0, 0.05) is 32.1 Å². The van der Waals surface area contributed by atoms with Gasteiger partial charge in [0.15, 0.2) is 0 Å². The summed E-state index contributed by atoms with van der Waals surface area (Å²) in [6.45, 7) is 0.833. The Kier molecular flexibility index (Phi) is 3.83. The number of amides is 2. The van der Waals surface area contributed by atoms with Crippen LogP contribution in [-0.2, 0) is 4.79 Å². The molecule has 2 amide bonds. The first-order valence-electron chi connectivity index (χ1n) is 6.03. The van der Waals surface area contributed by atoms with Crippen LogP contribution < -0.4 is 5.32 Å². The third-order valence-electron chi connectivity index (χ3n) is 3.04. The maximum Gasteiger partial charge on any atom is 0.311 e. The van der Waals surface area contributed by atoms with Gasteiger partial charge >= 0.3 is 5.69 Å². The number of hydrogen-bond donors (Lipinski definition) is 2. The van der Waals surface area contributed by atoms with E-state index in [-0.39, 0.29) is 24.4 Å². The fourth-order valence-electron chi connectivity index (χ4n) is 1.99. The first-order valence-corrected chi connectivity index (χ1v) is 6.03. The molecule has 0 bridgehead atoms. The Hall–Kier alpha value is -2.64. The van der Waals surface area contributed by atoms with Crippen molar-refractivity contribution in [3.8, 4) is 5.75 Å². The van der Waals surface area contributed by atoms with Gasteiger partial charge in [-0.3, -0.25) is 19.7 Å². The highest BCUT2D eigenvalue weighted by Crippen LogP contribution is 2.30. The molecule has 1 saturated heterocycles. The van der Waals surface area contributed by atoms with Gasteiger partial charge in [0.05, 0.1) is 10.5 Å². The summed E-state index contributed by atoms with van der Waals surface area (Å²) in [6, 6.07) is 3.79. The van der Waals surface area contributed by atoms with Gasteiger partial charge in [0.1, 0.15) is 0 Å². The molecule has 1 aromatic rings. The molecule has 0 spiro atoms. The van der Waals surface area contributed by atoms with Crippen LogP contribution in [0.1, 0.15) is 16.8 Å². The molecule has 1 aromatic carbocycles. The van der Waals surface area contributed by atoms with Crippen molar-refractivity contribution in [3.05, 3.63) is 33.9 Å². The Morgan fingerprint density at radius 3 is 2.85 bits per heavy atom. The summed E-state index contributed by atoms with van der Waals surface area (Å²) >= 11 is 0. The summed E-state index contributed by atoms with van der Waals surface area (Å²) in [5, 5.41) is 23.2. The Labute approximate surface area is 114 Å². The molecule has 106 valence electrons. The molecular weight excluding hydrogens is 266 g/mol. The van der Waals surface area contributed by atoms with Crippen LogP contribution in [0.4, 0.5) is 5.69 Å². The standard InChI is InChI=1S/C12H13N3O5/c16-10-4-6-14(7-5-13-10)12(18)8-2-1-3-9(11(8)17)15(19)20/h1-3,17H,4-7H2,(H,13,16). The third-order valence-corrected chi connectivity index (χ3v) is 3.04. The minimum Gasteiger partial charge on any atom is -0.502 e. The fraction of sp³-hybridized carbons (Fsp3) is 0.333. The molecule has 8 nitrogen and oxygen atoms in total. The van der Waals surface area contributed by atoms with Crippen LogP contribution in [0.2, 0.25) is 0 Å². The summed E-state index contributed by atoms with van der Waals surface area (Å²) in [6.07, 6.45) is 0.168. The second-order valence-electron chi connectivity index (χ2n) is 4.32. The van der Waals surface area contributed by atoms with E-state index in [9.17, 15) is 24.8 Å². The maximum atomic E-state index is 12.3. The molecular formula is C12H13N3O5. The van der Waals surface area contributed by atoms with Gasteiger partial charge in [-0.25, -0.2) is 0 Å². The first kappa shape index (κ1) is 13.8. The van der Waals surface area contributed by atoms with Gasteiger partial charge in [-0.05, 0) is 6.07 Å². The van der Waals surface area contributed by atoms with Crippen LogP contribution in [0, 0.1) is 10.1 Å². The van der Waals surface area contributed by atoms with Gasteiger partial charge < -0.3 is 15.3 Å². The number of nitrogens with one attached hydrogen (secondary N) is 1. The fourth-order valence-corrected chi connectivity index (χ4v) is 1.99. The quantitative estimate of drug-likeness (QED) is 0.595. The molecule has 1 aliphatic rings. The van der Waals surface area contributed by atoms with Gasteiger partial charge in [-0.15, -0.1) is 0 Å². The number of phenolic OH excluding ortho intramolecular Hbond substituents is 1. The van der Waals surface area contributed by atoms with Crippen LogP contribution in [0.5, 0.6) is 5.75 Å². The highest BCUT2D eigenvalue weighted by Gasteiger charge is 2.26. The van der Waals surface area contributed by atoms with Crippen molar-refractivity contribution >= 4 is 17.5 Å². The van der Waals surface area contributed by atoms with E-state index in [1.807, 2.05) is 0 Å². The second kappa shape index (κ2) is 5.55. The number of nitrogens with zero attached hydrogens (tertiary/aromatic N) is 2. The van der Waals surface area contributed by atoms with Crippen molar-refractivity contribution in [1.29, 1.82) is 0 Å². The SMILES string of the molecule is O=C1CCN(C(=O)c2cccc([N+](=O)[O-])c2O)CCN1. The Morgan fingerprint density at radius 1 is 1.40 bits per heavy atom. The minimum absolute atomic E-state index is 0.131. The van der Waals surface area contributed by atoms with Crippen molar-refractivity contribution in [2.24, 2.45) is 0 Å². The Balaban J connectivity index is 2.27. The average Bonchev–Trinajstić information content (AvgIpc) is 2.63. The van der Waals surface area contributed by atoms with E-state index in [2.05, 4.69) is 5.32 Å². The molecule has 1 heterocycles. The summed E-state index contributed by atoms with van der Waals surface area (Å²) in [5.41, 5.74) is -0.645. The highest BCUT2D eigenvalue weighted by atomic mass is 16.6. The second-order valence-corrected chi connectivity index (χ2v) is 4.32. The molecule has 0 radical (unpaired) electrons. The lowest BCUT2D eigenvalue weighted by Crippen LogP contribution is -2.34. The molecule has 2 N–H and O–H groups in total. The number of benzene rings is 1. The molecule has 0 aliphatic carbocycles. The maximum absolute atomic E-state index is 12.3. The van der Waals surface area contributed by atoms with E-state index in [1.54, 1.807) is 0 Å². The minimum atomic E-state index is -0.750. The van der Waals surface area contributed by atoms with Gasteiger partial charge in [0.2, 0.25) is 11.7 Å². The number of rotatable bonds is 2. The number of nitro benzene ring substituents is 1.